The van der Waals surface area contributed by atoms with Gasteiger partial charge in [0.1, 0.15) is 11.1 Å². The van der Waals surface area contributed by atoms with E-state index in [2.05, 4.69) is 4.98 Å². The van der Waals surface area contributed by atoms with Gasteiger partial charge in [-0.1, -0.05) is 23.9 Å². The van der Waals surface area contributed by atoms with Crippen LogP contribution in [0, 0.1) is 17.1 Å². The minimum absolute atomic E-state index is 0.325. The molecule has 0 radical (unpaired) electrons. The van der Waals surface area contributed by atoms with Crippen LogP contribution >= 0.6 is 11.8 Å². The predicted molar refractivity (Wildman–Crippen MR) is 80.7 cm³/mol. The van der Waals surface area contributed by atoms with Crippen molar-refractivity contribution in [3.63, 3.8) is 0 Å². The van der Waals surface area contributed by atoms with Crippen LogP contribution in [-0.4, -0.2) is 23.3 Å². The number of nitriles is 1. The fourth-order valence-electron chi connectivity index (χ4n) is 1.83. The molecule has 0 saturated heterocycles. The topological polar surface area (TPSA) is 63.0 Å². The van der Waals surface area contributed by atoms with Crippen molar-refractivity contribution in [1.29, 1.82) is 5.26 Å². The van der Waals surface area contributed by atoms with Gasteiger partial charge in [0.05, 0.1) is 23.8 Å². The van der Waals surface area contributed by atoms with Crippen LogP contribution in [-0.2, 0) is 16.0 Å². The highest BCUT2D eigenvalue weighted by molar-refractivity contribution is 8.00. The van der Waals surface area contributed by atoms with Gasteiger partial charge in [0.25, 0.3) is 0 Å². The standard InChI is InChI=1S/C16H13FN2O2S/c1-21-16(20)14(8-11-2-4-13(17)5-3-11)22-15-9-12(10-18)6-7-19-15/h2-7,9,14H,8H2,1H3/t14-/m1/s1. The van der Waals surface area contributed by atoms with Gasteiger partial charge in [-0.15, -0.1) is 0 Å². The second-order valence-corrected chi connectivity index (χ2v) is 5.68. The molecule has 22 heavy (non-hydrogen) atoms. The van der Waals surface area contributed by atoms with Crippen LogP contribution in [0.2, 0.25) is 0 Å². The molecule has 0 N–H and O–H groups in total. The SMILES string of the molecule is COC(=O)[C@@H](Cc1ccc(F)cc1)Sc1cc(C#N)ccn1. The molecule has 2 aromatic rings. The lowest BCUT2D eigenvalue weighted by Crippen LogP contribution is -2.21. The van der Waals surface area contributed by atoms with Crippen LogP contribution in [0.1, 0.15) is 11.1 Å². The van der Waals surface area contributed by atoms with Crippen LogP contribution in [0.15, 0.2) is 47.6 Å². The highest BCUT2D eigenvalue weighted by Crippen LogP contribution is 2.26. The molecule has 112 valence electrons. The molecule has 4 nitrogen and oxygen atoms in total. The van der Waals surface area contributed by atoms with Crippen molar-refractivity contribution >= 4 is 17.7 Å². The maximum absolute atomic E-state index is 12.9. The van der Waals surface area contributed by atoms with Gasteiger partial charge in [-0.3, -0.25) is 4.79 Å². The molecule has 0 saturated carbocycles. The van der Waals surface area contributed by atoms with E-state index in [1.54, 1.807) is 24.3 Å². The molecule has 1 aromatic carbocycles. The number of hydrogen-bond donors (Lipinski definition) is 0. The van der Waals surface area contributed by atoms with E-state index in [-0.39, 0.29) is 5.82 Å². The number of methoxy groups -OCH3 is 1. The summed E-state index contributed by atoms with van der Waals surface area (Å²) in [6, 6.07) is 11.2. The number of benzene rings is 1. The van der Waals surface area contributed by atoms with E-state index in [0.717, 1.165) is 5.56 Å². The molecule has 0 aliphatic heterocycles. The molecule has 1 atom stereocenters. The van der Waals surface area contributed by atoms with E-state index in [0.29, 0.717) is 17.0 Å². The maximum Gasteiger partial charge on any atom is 0.319 e. The first-order valence-electron chi connectivity index (χ1n) is 6.47. The minimum atomic E-state index is -0.517. The number of ether oxygens (including phenoxy) is 1. The Labute approximate surface area is 131 Å². The Morgan fingerprint density at radius 3 is 2.77 bits per heavy atom. The lowest BCUT2D eigenvalue weighted by Gasteiger charge is -2.14. The molecule has 2 rings (SSSR count). The van der Waals surface area contributed by atoms with Crippen molar-refractivity contribution in [2.45, 2.75) is 16.7 Å². The van der Waals surface area contributed by atoms with Gasteiger partial charge in [-0.05, 0) is 36.2 Å². The summed E-state index contributed by atoms with van der Waals surface area (Å²) in [6.07, 6.45) is 1.91. The number of esters is 1. The summed E-state index contributed by atoms with van der Waals surface area (Å²) in [6.45, 7) is 0. The molecule has 0 fully saturated rings. The average molecular weight is 316 g/mol. The summed E-state index contributed by atoms with van der Waals surface area (Å²) in [5.74, 6) is -0.715. The Morgan fingerprint density at radius 2 is 2.14 bits per heavy atom. The minimum Gasteiger partial charge on any atom is -0.468 e. The number of aromatic nitrogens is 1. The van der Waals surface area contributed by atoms with E-state index in [1.165, 1.54) is 37.2 Å². The average Bonchev–Trinajstić information content (AvgIpc) is 2.55. The number of halogens is 1. The van der Waals surface area contributed by atoms with E-state index in [4.69, 9.17) is 10.00 Å². The van der Waals surface area contributed by atoms with Gasteiger partial charge in [-0.2, -0.15) is 5.26 Å². The van der Waals surface area contributed by atoms with Crippen LogP contribution in [0.4, 0.5) is 4.39 Å². The second-order valence-electron chi connectivity index (χ2n) is 4.45. The van der Waals surface area contributed by atoms with Crippen LogP contribution in [0.3, 0.4) is 0 Å². The predicted octanol–water partition coefficient (Wildman–Crippen LogP) is 2.97. The van der Waals surface area contributed by atoms with E-state index in [9.17, 15) is 9.18 Å². The van der Waals surface area contributed by atoms with Gasteiger partial charge in [0.2, 0.25) is 0 Å². The summed E-state index contributed by atoms with van der Waals surface area (Å²) in [7, 11) is 1.32. The van der Waals surface area contributed by atoms with Crippen molar-refractivity contribution in [3.05, 3.63) is 59.5 Å². The van der Waals surface area contributed by atoms with Gasteiger partial charge < -0.3 is 4.74 Å². The summed E-state index contributed by atoms with van der Waals surface area (Å²) < 4.78 is 17.8. The number of carbonyl (C=O) groups excluding carboxylic acids is 1. The molecule has 6 heteroatoms. The van der Waals surface area contributed by atoms with E-state index in [1.807, 2.05) is 6.07 Å². The zero-order chi connectivity index (χ0) is 15.9. The van der Waals surface area contributed by atoms with Gasteiger partial charge in [0, 0.05) is 6.20 Å². The Morgan fingerprint density at radius 1 is 1.41 bits per heavy atom. The van der Waals surface area contributed by atoms with Crippen LogP contribution < -0.4 is 0 Å². The summed E-state index contributed by atoms with van der Waals surface area (Å²) >= 11 is 1.22. The van der Waals surface area contributed by atoms with Crippen molar-refractivity contribution in [2.24, 2.45) is 0 Å². The third-order valence-electron chi connectivity index (χ3n) is 2.93. The molecule has 0 amide bonds. The van der Waals surface area contributed by atoms with Crippen molar-refractivity contribution in [3.8, 4) is 6.07 Å². The Hall–Kier alpha value is -2.39. The highest BCUT2D eigenvalue weighted by atomic mass is 32.2. The Balaban J connectivity index is 2.17. The molecule has 1 aromatic heterocycles. The normalized spacial score (nSPS) is 11.5. The van der Waals surface area contributed by atoms with Gasteiger partial charge in [-0.25, -0.2) is 9.37 Å². The molecule has 1 heterocycles. The number of hydrogen-bond acceptors (Lipinski definition) is 5. The Bertz CT molecular complexity index is 698. The van der Waals surface area contributed by atoms with Crippen molar-refractivity contribution in [1.82, 2.24) is 4.98 Å². The Kier molecular flexibility index (Phi) is 5.50. The first kappa shape index (κ1) is 16.0. The second kappa shape index (κ2) is 7.57. The van der Waals surface area contributed by atoms with Crippen molar-refractivity contribution in [2.75, 3.05) is 7.11 Å². The number of carbonyl (C=O) groups is 1. The number of rotatable bonds is 5. The molecular formula is C16H13FN2O2S. The quantitative estimate of drug-likeness (QED) is 0.627. The number of pyridine rings is 1. The van der Waals surface area contributed by atoms with Gasteiger partial charge in [0.15, 0.2) is 0 Å². The summed E-state index contributed by atoms with van der Waals surface area (Å²) in [5.41, 5.74) is 1.30. The van der Waals surface area contributed by atoms with Gasteiger partial charge >= 0.3 is 5.97 Å². The third-order valence-corrected chi connectivity index (χ3v) is 4.03. The fourth-order valence-corrected chi connectivity index (χ4v) is 2.90. The molecule has 0 aliphatic carbocycles. The zero-order valence-electron chi connectivity index (χ0n) is 11.8. The number of thioether (sulfide) groups is 1. The molecular weight excluding hydrogens is 303 g/mol. The molecule has 0 aliphatic rings. The summed E-state index contributed by atoms with van der Waals surface area (Å²) in [5, 5.41) is 8.95. The number of nitrogens with zero attached hydrogens (tertiary/aromatic N) is 2. The lowest BCUT2D eigenvalue weighted by atomic mass is 10.1. The third kappa shape index (κ3) is 4.30. The first-order valence-corrected chi connectivity index (χ1v) is 7.35. The smallest absolute Gasteiger partial charge is 0.319 e. The van der Waals surface area contributed by atoms with E-state index < -0.39 is 11.2 Å². The molecule has 0 bridgehead atoms. The van der Waals surface area contributed by atoms with Crippen LogP contribution in [0.5, 0.6) is 0 Å². The maximum atomic E-state index is 12.9. The lowest BCUT2D eigenvalue weighted by molar-refractivity contribution is -0.139. The largest absolute Gasteiger partial charge is 0.468 e. The molecule has 0 unspecified atom stereocenters. The van der Waals surface area contributed by atoms with E-state index >= 15 is 0 Å². The first-order chi connectivity index (χ1) is 10.6. The monoisotopic (exact) mass is 316 g/mol. The zero-order valence-corrected chi connectivity index (χ0v) is 12.6. The van der Waals surface area contributed by atoms with Crippen LogP contribution in [0.25, 0.3) is 0 Å². The molecule has 0 spiro atoms. The fraction of sp³-hybridized carbons (Fsp3) is 0.188. The van der Waals surface area contributed by atoms with Crippen molar-refractivity contribution < 1.29 is 13.9 Å². The summed E-state index contributed by atoms with van der Waals surface area (Å²) in [4.78, 5) is 16.1. The highest BCUT2D eigenvalue weighted by Gasteiger charge is 2.22.